The van der Waals surface area contributed by atoms with E-state index in [1.165, 1.54) is 0 Å². The van der Waals surface area contributed by atoms with Gasteiger partial charge in [0, 0.05) is 30.1 Å². The molecule has 86 valence electrons. The number of nitrogens with zero attached hydrogens (tertiary/aromatic N) is 2. The Kier molecular flexibility index (Phi) is 3.56. The zero-order valence-electron chi connectivity index (χ0n) is 9.60. The lowest BCUT2D eigenvalue weighted by molar-refractivity contribution is 0.112. The number of carbonyl (C=O) groups excluding carboxylic acids is 1. The van der Waals surface area contributed by atoms with Gasteiger partial charge < -0.3 is 4.57 Å². The van der Waals surface area contributed by atoms with E-state index in [2.05, 4.69) is 10.6 Å². The van der Waals surface area contributed by atoms with Gasteiger partial charge in [0.05, 0.1) is 11.6 Å². The van der Waals surface area contributed by atoms with Crippen molar-refractivity contribution in [3.63, 3.8) is 0 Å². The molecule has 1 aromatic carbocycles. The summed E-state index contributed by atoms with van der Waals surface area (Å²) in [5.74, 6) is 0. The van der Waals surface area contributed by atoms with Crippen LogP contribution in [-0.2, 0) is 6.54 Å². The van der Waals surface area contributed by atoms with Crippen LogP contribution in [0.2, 0.25) is 0 Å². The molecular formula is C14H14N2O. The summed E-state index contributed by atoms with van der Waals surface area (Å²) >= 11 is 0. The Bertz CT molecular complexity index is 563. The van der Waals surface area contributed by atoms with E-state index in [9.17, 15) is 4.79 Å². The lowest BCUT2D eigenvalue weighted by Gasteiger charge is -2.06. The number of aryl methyl sites for hydroxylation is 1. The second-order valence-electron chi connectivity index (χ2n) is 4.03. The van der Waals surface area contributed by atoms with Gasteiger partial charge in [0.25, 0.3) is 0 Å². The molecule has 2 aromatic rings. The second-order valence-corrected chi connectivity index (χ2v) is 4.03. The first kappa shape index (κ1) is 11.4. The quantitative estimate of drug-likeness (QED) is 0.580. The third-order valence-electron chi connectivity index (χ3n) is 2.88. The van der Waals surface area contributed by atoms with Crippen molar-refractivity contribution in [2.75, 3.05) is 0 Å². The zero-order chi connectivity index (χ0) is 12.1. The Morgan fingerprint density at radius 2 is 2.18 bits per heavy atom. The molecule has 0 amide bonds. The van der Waals surface area contributed by atoms with Crippen molar-refractivity contribution in [2.24, 2.45) is 0 Å². The van der Waals surface area contributed by atoms with Crippen molar-refractivity contribution in [3.05, 3.63) is 36.0 Å². The molecule has 0 aliphatic carbocycles. The summed E-state index contributed by atoms with van der Waals surface area (Å²) in [6.07, 6.45) is 5.36. The SMILES string of the molecule is N#CCCCCn1ccc2cccc(C=O)c21. The number of carbonyl (C=O) groups is 1. The highest BCUT2D eigenvalue weighted by atomic mass is 16.1. The third-order valence-corrected chi connectivity index (χ3v) is 2.88. The molecule has 0 saturated carbocycles. The fourth-order valence-electron chi connectivity index (χ4n) is 2.06. The minimum Gasteiger partial charge on any atom is -0.347 e. The second kappa shape index (κ2) is 5.31. The number of benzene rings is 1. The van der Waals surface area contributed by atoms with Gasteiger partial charge in [-0.25, -0.2) is 0 Å². The minimum atomic E-state index is 0.597. The van der Waals surface area contributed by atoms with Crippen LogP contribution in [0.5, 0.6) is 0 Å². The van der Waals surface area contributed by atoms with Crippen LogP contribution in [0.4, 0.5) is 0 Å². The standard InChI is InChI=1S/C14H14N2O/c15-8-2-1-3-9-16-10-7-12-5-4-6-13(11-17)14(12)16/h4-7,10-11H,1-3,9H2. The molecule has 0 spiro atoms. The van der Waals surface area contributed by atoms with Crippen molar-refractivity contribution < 1.29 is 4.79 Å². The van der Waals surface area contributed by atoms with Gasteiger partial charge in [-0.3, -0.25) is 4.79 Å². The first-order valence-electron chi connectivity index (χ1n) is 5.77. The van der Waals surface area contributed by atoms with Crippen molar-refractivity contribution >= 4 is 17.2 Å². The first-order chi connectivity index (χ1) is 8.36. The molecule has 1 heterocycles. The van der Waals surface area contributed by atoms with E-state index in [1.54, 1.807) is 0 Å². The molecule has 1 aromatic heterocycles. The van der Waals surface area contributed by atoms with Gasteiger partial charge in [-0.1, -0.05) is 12.1 Å². The summed E-state index contributed by atoms with van der Waals surface area (Å²) in [5.41, 5.74) is 1.73. The summed E-state index contributed by atoms with van der Waals surface area (Å²) in [6, 6.07) is 9.90. The normalized spacial score (nSPS) is 10.3. The molecule has 0 fully saturated rings. The van der Waals surface area contributed by atoms with Crippen LogP contribution in [0.1, 0.15) is 29.6 Å². The van der Waals surface area contributed by atoms with Crippen LogP contribution in [0.15, 0.2) is 30.5 Å². The Morgan fingerprint density at radius 3 is 2.94 bits per heavy atom. The molecular weight excluding hydrogens is 212 g/mol. The highest BCUT2D eigenvalue weighted by Gasteiger charge is 2.05. The van der Waals surface area contributed by atoms with Gasteiger partial charge in [-0.15, -0.1) is 0 Å². The van der Waals surface area contributed by atoms with Crippen molar-refractivity contribution in [3.8, 4) is 6.07 Å². The molecule has 0 N–H and O–H groups in total. The largest absolute Gasteiger partial charge is 0.347 e. The number of fused-ring (bicyclic) bond motifs is 1. The average Bonchev–Trinajstić information content (AvgIpc) is 2.78. The summed E-state index contributed by atoms with van der Waals surface area (Å²) in [7, 11) is 0. The Balaban J connectivity index is 2.23. The van der Waals surface area contributed by atoms with Gasteiger partial charge >= 0.3 is 0 Å². The van der Waals surface area contributed by atoms with Gasteiger partial charge in [0.2, 0.25) is 0 Å². The summed E-state index contributed by atoms with van der Waals surface area (Å²) in [6.45, 7) is 0.857. The van der Waals surface area contributed by atoms with E-state index >= 15 is 0 Å². The van der Waals surface area contributed by atoms with Crippen molar-refractivity contribution in [2.45, 2.75) is 25.8 Å². The number of hydrogen-bond acceptors (Lipinski definition) is 2. The van der Waals surface area contributed by atoms with E-state index in [0.717, 1.165) is 42.1 Å². The fraction of sp³-hybridized carbons (Fsp3) is 0.286. The van der Waals surface area contributed by atoms with Crippen molar-refractivity contribution in [1.29, 1.82) is 5.26 Å². The van der Waals surface area contributed by atoms with E-state index in [-0.39, 0.29) is 0 Å². The molecule has 17 heavy (non-hydrogen) atoms. The van der Waals surface area contributed by atoms with E-state index in [0.29, 0.717) is 6.42 Å². The Hall–Kier alpha value is -2.08. The van der Waals surface area contributed by atoms with Gasteiger partial charge in [0.1, 0.15) is 0 Å². The number of para-hydroxylation sites is 1. The third kappa shape index (κ3) is 2.36. The van der Waals surface area contributed by atoms with Crippen molar-refractivity contribution in [1.82, 2.24) is 4.57 Å². The predicted molar refractivity (Wildman–Crippen MR) is 66.8 cm³/mol. The fourth-order valence-corrected chi connectivity index (χ4v) is 2.06. The molecule has 0 radical (unpaired) electrons. The number of hydrogen-bond donors (Lipinski definition) is 0. The monoisotopic (exact) mass is 226 g/mol. The molecule has 3 heteroatoms. The number of unbranched alkanes of at least 4 members (excludes halogenated alkanes) is 2. The molecule has 0 aliphatic heterocycles. The Morgan fingerprint density at radius 1 is 1.29 bits per heavy atom. The maximum atomic E-state index is 11.0. The molecule has 0 aliphatic rings. The van der Waals surface area contributed by atoms with Crippen LogP contribution in [0.25, 0.3) is 10.9 Å². The number of aromatic nitrogens is 1. The maximum absolute atomic E-state index is 11.0. The number of aldehydes is 1. The smallest absolute Gasteiger partial charge is 0.152 e. The topological polar surface area (TPSA) is 45.8 Å². The van der Waals surface area contributed by atoms with Crippen LogP contribution in [0.3, 0.4) is 0 Å². The highest BCUT2D eigenvalue weighted by molar-refractivity contribution is 5.96. The molecule has 0 atom stereocenters. The predicted octanol–water partition coefficient (Wildman–Crippen LogP) is 3.15. The average molecular weight is 226 g/mol. The van der Waals surface area contributed by atoms with Crippen LogP contribution in [-0.4, -0.2) is 10.9 Å². The van der Waals surface area contributed by atoms with E-state index in [1.807, 2.05) is 30.5 Å². The van der Waals surface area contributed by atoms with Gasteiger partial charge in [0.15, 0.2) is 6.29 Å². The highest BCUT2D eigenvalue weighted by Crippen LogP contribution is 2.19. The molecule has 0 saturated heterocycles. The zero-order valence-corrected chi connectivity index (χ0v) is 9.60. The summed E-state index contributed by atoms with van der Waals surface area (Å²) in [4.78, 5) is 11.0. The number of nitriles is 1. The molecule has 0 bridgehead atoms. The van der Waals surface area contributed by atoms with Gasteiger partial charge in [-0.2, -0.15) is 5.26 Å². The Labute approximate surface area is 100 Å². The molecule has 2 rings (SSSR count). The number of rotatable bonds is 5. The van der Waals surface area contributed by atoms with E-state index in [4.69, 9.17) is 5.26 Å². The van der Waals surface area contributed by atoms with Crippen LogP contribution in [0, 0.1) is 11.3 Å². The summed E-state index contributed by atoms with van der Waals surface area (Å²) < 4.78 is 2.09. The first-order valence-corrected chi connectivity index (χ1v) is 5.77. The lowest BCUT2D eigenvalue weighted by atomic mass is 10.1. The molecule has 3 nitrogen and oxygen atoms in total. The summed E-state index contributed by atoms with van der Waals surface area (Å²) in [5, 5.41) is 9.57. The maximum Gasteiger partial charge on any atom is 0.152 e. The van der Waals surface area contributed by atoms with Crippen LogP contribution >= 0.6 is 0 Å². The van der Waals surface area contributed by atoms with Gasteiger partial charge in [-0.05, 0) is 25.0 Å². The van der Waals surface area contributed by atoms with E-state index < -0.39 is 0 Å². The molecule has 0 unspecified atom stereocenters. The minimum absolute atomic E-state index is 0.597. The van der Waals surface area contributed by atoms with Crippen LogP contribution < -0.4 is 0 Å². The lowest BCUT2D eigenvalue weighted by Crippen LogP contribution is -1.98.